The van der Waals surface area contributed by atoms with Crippen LogP contribution in [0.1, 0.15) is 94.2 Å². The average molecular weight is 650 g/mol. The van der Waals surface area contributed by atoms with Crippen molar-refractivity contribution in [3.8, 4) is 5.75 Å². The predicted molar refractivity (Wildman–Crippen MR) is 184 cm³/mol. The molecule has 1 amide bonds. The van der Waals surface area contributed by atoms with Gasteiger partial charge in [-0.3, -0.25) is 18.4 Å². The molecular formula is C38H52NO6P. The molecule has 1 heterocycles. The van der Waals surface area contributed by atoms with Gasteiger partial charge in [-0.2, -0.15) is 0 Å². The molecule has 0 spiro atoms. The molecule has 1 aliphatic heterocycles. The number of amides is 1. The van der Waals surface area contributed by atoms with Crippen LogP contribution in [0, 0.1) is 0 Å². The van der Waals surface area contributed by atoms with Crippen molar-refractivity contribution in [2.24, 2.45) is 0 Å². The summed E-state index contributed by atoms with van der Waals surface area (Å²) in [7, 11) is -3.90. The zero-order valence-electron chi connectivity index (χ0n) is 27.5. The lowest BCUT2D eigenvalue weighted by atomic mass is 10.1. The largest absolute Gasteiger partial charge is 0.494 e. The Balaban J connectivity index is 1.18. The lowest BCUT2D eigenvalue weighted by molar-refractivity contribution is -0.130. The van der Waals surface area contributed by atoms with E-state index in [1.165, 1.54) is 51.4 Å². The zero-order chi connectivity index (χ0) is 32.3. The molecule has 3 aromatic rings. The van der Waals surface area contributed by atoms with Crippen LogP contribution in [0.2, 0.25) is 0 Å². The number of phosphoric acid groups is 1. The first-order chi connectivity index (χ1) is 22.5. The van der Waals surface area contributed by atoms with Crippen molar-refractivity contribution in [2.75, 3.05) is 19.7 Å². The number of benzene rings is 3. The van der Waals surface area contributed by atoms with Crippen LogP contribution in [-0.4, -0.2) is 36.6 Å². The number of ether oxygens (including phenoxy) is 1. The van der Waals surface area contributed by atoms with E-state index in [9.17, 15) is 9.36 Å². The molecular weight excluding hydrogens is 597 g/mol. The van der Waals surface area contributed by atoms with E-state index in [0.29, 0.717) is 32.4 Å². The molecule has 0 aliphatic carbocycles. The smallest absolute Gasteiger partial charge is 0.475 e. The third-order valence-electron chi connectivity index (χ3n) is 8.28. The summed E-state index contributed by atoms with van der Waals surface area (Å²) in [5.41, 5.74) is 2.82. The molecule has 0 saturated carbocycles. The number of carbonyl (C=O) groups excluding carboxylic acids is 1. The second kappa shape index (κ2) is 20.3. The fourth-order valence-electron chi connectivity index (χ4n) is 5.58. The van der Waals surface area contributed by atoms with Gasteiger partial charge in [0.2, 0.25) is 5.91 Å². The maximum absolute atomic E-state index is 13.7. The van der Waals surface area contributed by atoms with Gasteiger partial charge in [0.05, 0.1) is 25.9 Å². The number of rotatable bonds is 22. The summed E-state index contributed by atoms with van der Waals surface area (Å²) < 4.78 is 37.3. The molecule has 1 fully saturated rings. The maximum Gasteiger partial charge on any atom is 0.475 e. The van der Waals surface area contributed by atoms with Gasteiger partial charge in [-0.15, -0.1) is 0 Å². The molecule has 0 N–H and O–H groups in total. The van der Waals surface area contributed by atoms with E-state index in [0.717, 1.165) is 35.5 Å². The molecule has 250 valence electrons. The summed E-state index contributed by atoms with van der Waals surface area (Å²) in [6.07, 6.45) is 12.8. The standard InChI is InChI=1S/C38H52NO6P/c1-2-3-4-5-6-7-8-9-16-28-42-36-23-17-22-33(29-36)24-25-38(40)39-27-26-37(30-39)45-46(41,43-31-34-18-12-10-13-19-34)44-32-35-20-14-11-15-21-35/h10-15,17-23,29,37H,2-9,16,24-28,30-32H2,1H3/t37-/m1/s1. The lowest BCUT2D eigenvalue weighted by Gasteiger charge is -2.22. The highest BCUT2D eigenvalue weighted by Gasteiger charge is 2.36. The molecule has 1 atom stereocenters. The van der Waals surface area contributed by atoms with E-state index in [1.807, 2.05) is 84.9 Å². The molecule has 7 nitrogen and oxygen atoms in total. The van der Waals surface area contributed by atoms with E-state index >= 15 is 0 Å². The first kappa shape index (κ1) is 35.9. The first-order valence-electron chi connectivity index (χ1n) is 17.2. The van der Waals surface area contributed by atoms with E-state index in [-0.39, 0.29) is 19.1 Å². The van der Waals surface area contributed by atoms with Crippen molar-refractivity contribution in [2.45, 2.75) is 103 Å². The van der Waals surface area contributed by atoms with Crippen molar-refractivity contribution in [1.29, 1.82) is 0 Å². The Kier molecular flexibility index (Phi) is 15.8. The fourth-order valence-corrected chi connectivity index (χ4v) is 6.93. The Labute approximate surface area is 276 Å². The van der Waals surface area contributed by atoms with E-state index in [4.69, 9.17) is 18.3 Å². The highest BCUT2D eigenvalue weighted by atomic mass is 31.2. The van der Waals surface area contributed by atoms with Crippen LogP contribution in [0.15, 0.2) is 84.9 Å². The Bertz CT molecular complexity index is 1270. The molecule has 4 rings (SSSR count). The number of aryl methyl sites for hydroxylation is 1. The van der Waals surface area contributed by atoms with Crippen LogP contribution in [0.5, 0.6) is 5.75 Å². The molecule has 1 saturated heterocycles. The fraction of sp³-hybridized carbons (Fsp3) is 0.500. The van der Waals surface area contributed by atoms with Crippen LogP contribution in [0.25, 0.3) is 0 Å². The van der Waals surface area contributed by atoms with Gasteiger partial charge >= 0.3 is 7.82 Å². The van der Waals surface area contributed by atoms with Gasteiger partial charge in [0.25, 0.3) is 0 Å². The minimum atomic E-state index is -3.90. The van der Waals surface area contributed by atoms with Crippen molar-refractivity contribution in [3.05, 3.63) is 102 Å². The molecule has 0 bridgehead atoms. The Morgan fingerprint density at radius 2 is 1.35 bits per heavy atom. The SMILES string of the molecule is CCCCCCCCCCCOc1cccc(CCC(=O)N2CC[C@@H](OP(=O)(OCc3ccccc3)OCc3ccccc3)C2)c1. The number of unbranched alkanes of at least 4 members (excludes halogenated alkanes) is 8. The zero-order valence-corrected chi connectivity index (χ0v) is 28.4. The number of hydrogen-bond acceptors (Lipinski definition) is 6. The average Bonchev–Trinajstić information content (AvgIpc) is 3.55. The van der Waals surface area contributed by atoms with Crippen molar-refractivity contribution < 1.29 is 27.7 Å². The van der Waals surface area contributed by atoms with Gasteiger partial charge < -0.3 is 9.64 Å². The molecule has 0 aromatic heterocycles. The highest BCUT2D eigenvalue weighted by Crippen LogP contribution is 2.53. The summed E-state index contributed by atoms with van der Waals surface area (Å²) in [6, 6.07) is 27.1. The molecule has 0 radical (unpaired) electrons. The number of carbonyl (C=O) groups is 1. The summed E-state index contributed by atoms with van der Waals surface area (Å²) >= 11 is 0. The number of likely N-dealkylation sites (tertiary alicyclic amines) is 1. The molecule has 46 heavy (non-hydrogen) atoms. The van der Waals surface area contributed by atoms with Crippen molar-refractivity contribution in [1.82, 2.24) is 4.90 Å². The van der Waals surface area contributed by atoms with E-state index in [2.05, 4.69) is 6.92 Å². The summed E-state index contributed by atoms with van der Waals surface area (Å²) in [6.45, 7) is 4.08. The monoisotopic (exact) mass is 649 g/mol. The highest BCUT2D eigenvalue weighted by molar-refractivity contribution is 7.48. The van der Waals surface area contributed by atoms with E-state index in [1.54, 1.807) is 4.90 Å². The minimum absolute atomic E-state index is 0.0531. The van der Waals surface area contributed by atoms with Gasteiger partial charge in [-0.1, -0.05) is 131 Å². The normalized spacial score (nSPS) is 14.9. The molecule has 0 unspecified atom stereocenters. The molecule has 3 aromatic carbocycles. The molecule has 1 aliphatic rings. The Morgan fingerprint density at radius 1 is 0.761 bits per heavy atom. The lowest BCUT2D eigenvalue weighted by Crippen LogP contribution is -2.30. The second-order valence-electron chi connectivity index (χ2n) is 12.1. The summed E-state index contributed by atoms with van der Waals surface area (Å²) in [5.74, 6) is 0.915. The van der Waals surface area contributed by atoms with Crippen molar-refractivity contribution in [3.63, 3.8) is 0 Å². The van der Waals surface area contributed by atoms with Crippen LogP contribution in [0.4, 0.5) is 0 Å². The van der Waals surface area contributed by atoms with Gasteiger partial charge in [0.15, 0.2) is 0 Å². The topological polar surface area (TPSA) is 74.3 Å². The quantitative estimate of drug-likeness (QED) is 0.0797. The van der Waals surface area contributed by atoms with E-state index < -0.39 is 13.9 Å². The first-order valence-corrected chi connectivity index (χ1v) is 18.6. The molecule has 8 heteroatoms. The number of nitrogens with zero attached hydrogens (tertiary/aromatic N) is 1. The maximum atomic E-state index is 13.7. The minimum Gasteiger partial charge on any atom is -0.494 e. The number of hydrogen-bond donors (Lipinski definition) is 0. The second-order valence-corrected chi connectivity index (χ2v) is 13.8. The Hall–Kier alpha value is -2.96. The van der Waals surface area contributed by atoms with Gasteiger partial charge in [-0.05, 0) is 48.1 Å². The van der Waals surface area contributed by atoms with Crippen LogP contribution in [0.3, 0.4) is 0 Å². The predicted octanol–water partition coefficient (Wildman–Crippen LogP) is 9.69. The third kappa shape index (κ3) is 13.4. The summed E-state index contributed by atoms with van der Waals surface area (Å²) in [5, 5.41) is 0. The van der Waals surface area contributed by atoms with Crippen LogP contribution in [-0.2, 0) is 42.6 Å². The van der Waals surface area contributed by atoms with Crippen LogP contribution >= 0.6 is 7.82 Å². The Morgan fingerprint density at radius 3 is 1.98 bits per heavy atom. The van der Waals surface area contributed by atoms with Crippen molar-refractivity contribution >= 4 is 13.7 Å². The number of phosphoric ester groups is 1. The van der Waals surface area contributed by atoms with Crippen LogP contribution < -0.4 is 4.74 Å². The van der Waals surface area contributed by atoms with Gasteiger partial charge in [0.1, 0.15) is 5.75 Å². The third-order valence-corrected chi connectivity index (χ3v) is 9.73. The van der Waals surface area contributed by atoms with Gasteiger partial charge in [0, 0.05) is 19.5 Å². The summed E-state index contributed by atoms with van der Waals surface area (Å²) in [4.78, 5) is 14.9. The van der Waals surface area contributed by atoms with Gasteiger partial charge in [-0.25, -0.2) is 4.57 Å².